The number of nitrogens with one attached hydrogen (secondary N) is 1. The van der Waals surface area contributed by atoms with Gasteiger partial charge in [-0.15, -0.1) is 0 Å². The molecule has 0 saturated heterocycles. The quantitative estimate of drug-likeness (QED) is 0.732. The number of carbonyl (C=O) groups is 1. The molecule has 106 valence electrons. The monoisotopic (exact) mass is 255 g/mol. The Morgan fingerprint density at radius 1 is 1.28 bits per heavy atom. The first-order chi connectivity index (χ1) is 8.45. The van der Waals surface area contributed by atoms with Crippen molar-refractivity contribution < 1.29 is 4.79 Å². The molecule has 4 nitrogen and oxygen atoms in total. The first kappa shape index (κ1) is 15.4. The van der Waals surface area contributed by atoms with Gasteiger partial charge in [0.15, 0.2) is 0 Å². The average molecular weight is 255 g/mol. The van der Waals surface area contributed by atoms with Gasteiger partial charge in [-0.25, -0.2) is 0 Å². The SMILES string of the molecule is CN(CC(=O)NC1CCCCCC1)C(C)(C)CN. The van der Waals surface area contributed by atoms with Crippen LogP contribution in [0.25, 0.3) is 0 Å². The predicted molar refractivity (Wildman–Crippen MR) is 75.4 cm³/mol. The summed E-state index contributed by atoms with van der Waals surface area (Å²) in [6, 6.07) is 0.384. The summed E-state index contributed by atoms with van der Waals surface area (Å²) in [5, 5.41) is 3.16. The minimum atomic E-state index is -0.124. The van der Waals surface area contributed by atoms with E-state index in [-0.39, 0.29) is 11.4 Å². The maximum atomic E-state index is 12.0. The molecule has 1 saturated carbocycles. The fraction of sp³-hybridized carbons (Fsp3) is 0.929. The maximum absolute atomic E-state index is 12.0. The highest BCUT2D eigenvalue weighted by Crippen LogP contribution is 2.17. The molecule has 0 heterocycles. The fourth-order valence-corrected chi connectivity index (χ4v) is 2.28. The van der Waals surface area contributed by atoms with E-state index in [0.29, 0.717) is 19.1 Å². The highest BCUT2D eigenvalue weighted by molar-refractivity contribution is 5.78. The minimum Gasteiger partial charge on any atom is -0.352 e. The first-order valence-corrected chi connectivity index (χ1v) is 7.16. The van der Waals surface area contributed by atoms with Crippen molar-refractivity contribution in [2.24, 2.45) is 5.73 Å². The van der Waals surface area contributed by atoms with Crippen LogP contribution in [0.1, 0.15) is 52.4 Å². The lowest BCUT2D eigenvalue weighted by atomic mass is 10.0. The van der Waals surface area contributed by atoms with Gasteiger partial charge in [-0.1, -0.05) is 25.7 Å². The van der Waals surface area contributed by atoms with Crippen LogP contribution >= 0.6 is 0 Å². The second-order valence-corrected chi connectivity index (χ2v) is 6.13. The van der Waals surface area contributed by atoms with Gasteiger partial charge in [0.1, 0.15) is 0 Å². The van der Waals surface area contributed by atoms with Crippen LogP contribution in [0.2, 0.25) is 0 Å². The van der Waals surface area contributed by atoms with Crippen LogP contribution in [-0.4, -0.2) is 42.5 Å². The second kappa shape index (κ2) is 7.10. The molecule has 1 amide bonds. The number of hydrogen-bond acceptors (Lipinski definition) is 3. The van der Waals surface area contributed by atoms with E-state index in [9.17, 15) is 4.79 Å². The third-order valence-corrected chi connectivity index (χ3v) is 4.13. The van der Waals surface area contributed by atoms with Crippen LogP contribution in [-0.2, 0) is 4.79 Å². The molecule has 0 aromatic carbocycles. The lowest BCUT2D eigenvalue weighted by Crippen LogP contribution is -2.51. The molecule has 0 bridgehead atoms. The molecule has 1 aliphatic rings. The average Bonchev–Trinajstić information content (AvgIpc) is 2.57. The largest absolute Gasteiger partial charge is 0.352 e. The molecule has 1 aliphatic carbocycles. The van der Waals surface area contributed by atoms with E-state index in [1.54, 1.807) is 0 Å². The van der Waals surface area contributed by atoms with Gasteiger partial charge < -0.3 is 11.1 Å². The van der Waals surface area contributed by atoms with Crippen LogP contribution < -0.4 is 11.1 Å². The molecule has 0 unspecified atom stereocenters. The summed E-state index contributed by atoms with van der Waals surface area (Å²) in [6.07, 6.45) is 7.38. The third-order valence-electron chi connectivity index (χ3n) is 4.13. The Labute approximate surface area is 111 Å². The molecule has 3 N–H and O–H groups in total. The van der Waals surface area contributed by atoms with Gasteiger partial charge in [0.2, 0.25) is 5.91 Å². The number of nitrogens with two attached hydrogens (primary N) is 1. The van der Waals surface area contributed by atoms with Gasteiger partial charge in [-0.2, -0.15) is 0 Å². The summed E-state index contributed by atoms with van der Waals surface area (Å²) in [5.41, 5.74) is 5.59. The zero-order valence-electron chi connectivity index (χ0n) is 12.2. The Kier molecular flexibility index (Phi) is 6.09. The van der Waals surface area contributed by atoms with Crippen molar-refractivity contribution in [2.75, 3.05) is 20.1 Å². The zero-order valence-corrected chi connectivity index (χ0v) is 12.2. The molecule has 4 heteroatoms. The number of nitrogens with zero attached hydrogens (tertiary/aromatic N) is 1. The minimum absolute atomic E-state index is 0.124. The summed E-state index contributed by atoms with van der Waals surface area (Å²) in [5.74, 6) is 0.130. The van der Waals surface area contributed by atoms with E-state index in [4.69, 9.17) is 5.73 Å². The van der Waals surface area contributed by atoms with Gasteiger partial charge in [-0.05, 0) is 33.7 Å². The maximum Gasteiger partial charge on any atom is 0.234 e. The fourth-order valence-electron chi connectivity index (χ4n) is 2.28. The summed E-state index contributed by atoms with van der Waals surface area (Å²) in [4.78, 5) is 14.0. The normalized spacial score (nSPS) is 18.7. The number of amides is 1. The molecule has 1 rings (SSSR count). The van der Waals surface area contributed by atoms with E-state index in [1.807, 2.05) is 11.9 Å². The lowest BCUT2D eigenvalue weighted by molar-refractivity contribution is -0.123. The van der Waals surface area contributed by atoms with Gasteiger partial charge in [-0.3, -0.25) is 9.69 Å². The van der Waals surface area contributed by atoms with Crippen molar-refractivity contribution in [1.29, 1.82) is 0 Å². The Morgan fingerprint density at radius 3 is 2.33 bits per heavy atom. The number of likely N-dealkylation sites (N-methyl/N-ethyl adjacent to an activating group) is 1. The lowest BCUT2D eigenvalue weighted by Gasteiger charge is -2.34. The van der Waals surface area contributed by atoms with E-state index >= 15 is 0 Å². The van der Waals surface area contributed by atoms with Gasteiger partial charge in [0.25, 0.3) is 0 Å². The molecule has 1 fully saturated rings. The standard InChI is InChI=1S/C14H29N3O/c1-14(2,11-15)17(3)10-13(18)16-12-8-6-4-5-7-9-12/h12H,4-11,15H2,1-3H3,(H,16,18). The Bertz CT molecular complexity index is 258. The van der Waals surface area contributed by atoms with Crippen molar-refractivity contribution in [3.8, 4) is 0 Å². The molecule has 0 aromatic heterocycles. The zero-order chi connectivity index (χ0) is 13.6. The molecule has 0 spiro atoms. The molecule has 0 atom stereocenters. The number of rotatable bonds is 5. The summed E-state index contributed by atoms with van der Waals surface area (Å²) < 4.78 is 0. The van der Waals surface area contributed by atoms with Crippen molar-refractivity contribution in [3.05, 3.63) is 0 Å². The molecular formula is C14H29N3O. The molecule has 0 aliphatic heterocycles. The summed E-state index contributed by atoms with van der Waals surface area (Å²) >= 11 is 0. The van der Waals surface area contributed by atoms with Gasteiger partial charge >= 0.3 is 0 Å². The van der Waals surface area contributed by atoms with E-state index in [1.165, 1.54) is 25.7 Å². The van der Waals surface area contributed by atoms with E-state index in [0.717, 1.165) is 12.8 Å². The third kappa shape index (κ3) is 4.94. The highest BCUT2D eigenvalue weighted by Gasteiger charge is 2.24. The molecular weight excluding hydrogens is 226 g/mol. The van der Waals surface area contributed by atoms with Crippen molar-refractivity contribution in [2.45, 2.75) is 64.0 Å². The highest BCUT2D eigenvalue weighted by atomic mass is 16.2. The Hall–Kier alpha value is -0.610. The summed E-state index contributed by atoms with van der Waals surface area (Å²) in [6.45, 7) is 5.11. The van der Waals surface area contributed by atoms with E-state index < -0.39 is 0 Å². The van der Waals surface area contributed by atoms with Crippen LogP contribution in [0.4, 0.5) is 0 Å². The van der Waals surface area contributed by atoms with Crippen molar-refractivity contribution in [3.63, 3.8) is 0 Å². The van der Waals surface area contributed by atoms with Gasteiger partial charge in [0, 0.05) is 18.1 Å². The second-order valence-electron chi connectivity index (χ2n) is 6.13. The van der Waals surface area contributed by atoms with Crippen molar-refractivity contribution >= 4 is 5.91 Å². The molecule has 18 heavy (non-hydrogen) atoms. The Balaban J connectivity index is 2.36. The summed E-state index contributed by atoms with van der Waals surface area (Å²) in [7, 11) is 1.96. The van der Waals surface area contributed by atoms with Crippen LogP contribution in [0.3, 0.4) is 0 Å². The number of hydrogen-bond donors (Lipinski definition) is 2. The first-order valence-electron chi connectivity index (χ1n) is 7.16. The van der Waals surface area contributed by atoms with Crippen molar-refractivity contribution in [1.82, 2.24) is 10.2 Å². The topological polar surface area (TPSA) is 58.4 Å². The molecule has 0 radical (unpaired) electrons. The Morgan fingerprint density at radius 2 is 1.83 bits per heavy atom. The number of carbonyl (C=O) groups excluding carboxylic acids is 1. The van der Waals surface area contributed by atoms with E-state index in [2.05, 4.69) is 19.2 Å². The smallest absolute Gasteiger partial charge is 0.234 e. The van der Waals surface area contributed by atoms with Gasteiger partial charge in [0.05, 0.1) is 6.54 Å². The predicted octanol–water partition coefficient (Wildman–Crippen LogP) is 1.49. The van der Waals surface area contributed by atoms with Crippen LogP contribution in [0, 0.1) is 0 Å². The van der Waals surface area contributed by atoms with Crippen LogP contribution in [0.5, 0.6) is 0 Å². The van der Waals surface area contributed by atoms with Crippen LogP contribution in [0.15, 0.2) is 0 Å². The molecule has 0 aromatic rings.